The number of nitrogens with one attached hydrogen (secondary N) is 1. The number of thiocarbonyl (C=S) groups is 1. The van der Waals surface area contributed by atoms with Crippen LogP contribution in [0.25, 0.3) is 0 Å². The first-order chi connectivity index (χ1) is 4.16. The van der Waals surface area contributed by atoms with Crippen molar-refractivity contribution in [3.8, 4) is 6.07 Å². The topological polar surface area (TPSA) is 61.8 Å². The summed E-state index contributed by atoms with van der Waals surface area (Å²) in [7, 11) is 0. The van der Waals surface area contributed by atoms with Crippen molar-refractivity contribution in [2.24, 2.45) is 5.73 Å². The van der Waals surface area contributed by atoms with Gasteiger partial charge >= 0.3 is 0 Å². The minimum Gasteiger partial charge on any atom is -0.392 e. The lowest BCUT2D eigenvalue weighted by atomic mass is 10.5. The molecule has 0 aromatic carbocycles. The van der Waals surface area contributed by atoms with Gasteiger partial charge < -0.3 is 11.1 Å². The number of nitrogens with two attached hydrogens (primary N) is 1. The second kappa shape index (κ2) is 3.87. The summed E-state index contributed by atoms with van der Waals surface area (Å²) < 4.78 is 0. The molecule has 9 heavy (non-hydrogen) atoms. The standard InChI is InChI=1S/C5H7N3S/c1-4(2-6)8-3-5(7)9/h8H,1,3H2,(H2,7,9). The third-order valence-electron chi connectivity index (χ3n) is 0.611. The van der Waals surface area contributed by atoms with Crippen molar-refractivity contribution in [3.63, 3.8) is 0 Å². The Morgan fingerprint density at radius 3 is 2.78 bits per heavy atom. The molecule has 0 radical (unpaired) electrons. The van der Waals surface area contributed by atoms with E-state index in [9.17, 15) is 0 Å². The SMILES string of the molecule is C=C(C#N)NCC(N)=S. The van der Waals surface area contributed by atoms with Gasteiger partial charge in [0.05, 0.1) is 11.5 Å². The quantitative estimate of drug-likeness (QED) is 0.425. The van der Waals surface area contributed by atoms with Crippen LogP contribution in [-0.2, 0) is 0 Å². The molecule has 0 heterocycles. The predicted octanol–water partition coefficient (Wildman–Crippen LogP) is -0.101. The molecule has 48 valence electrons. The molecule has 0 aliphatic heterocycles. The zero-order chi connectivity index (χ0) is 7.28. The largest absolute Gasteiger partial charge is 0.392 e. The van der Waals surface area contributed by atoms with Crippen molar-refractivity contribution in [3.05, 3.63) is 12.3 Å². The zero-order valence-corrected chi connectivity index (χ0v) is 5.66. The number of allylic oxidation sites excluding steroid dienone is 1. The molecule has 0 aromatic heterocycles. The molecular weight excluding hydrogens is 134 g/mol. The second-order valence-corrected chi connectivity index (χ2v) is 1.93. The van der Waals surface area contributed by atoms with E-state index < -0.39 is 0 Å². The Bertz CT molecular complexity index is 168. The molecule has 0 unspecified atom stereocenters. The molecular formula is C5H7N3S. The normalized spacial score (nSPS) is 7.44. The number of rotatable bonds is 3. The fourth-order valence-corrected chi connectivity index (χ4v) is 0.306. The minimum atomic E-state index is 0.280. The molecule has 0 saturated heterocycles. The molecule has 0 amide bonds. The van der Waals surface area contributed by atoms with Gasteiger partial charge in [-0.2, -0.15) is 5.26 Å². The Kier molecular flexibility index (Phi) is 3.40. The van der Waals surface area contributed by atoms with Crippen molar-refractivity contribution < 1.29 is 0 Å². The van der Waals surface area contributed by atoms with Gasteiger partial charge in [0.1, 0.15) is 11.8 Å². The monoisotopic (exact) mass is 141 g/mol. The van der Waals surface area contributed by atoms with Crippen molar-refractivity contribution in [1.29, 1.82) is 5.26 Å². The number of hydrogen-bond donors (Lipinski definition) is 2. The summed E-state index contributed by atoms with van der Waals surface area (Å²) in [4.78, 5) is 0.325. The van der Waals surface area contributed by atoms with E-state index in [4.69, 9.17) is 11.0 Å². The maximum absolute atomic E-state index is 8.15. The highest BCUT2D eigenvalue weighted by molar-refractivity contribution is 7.80. The van der Waals surface area contributed by atoms with Crippen LogP contribution in [0.15, 0.2) is 12.3 Å². The molecule has 0 saturated carbocycles. The molecule has 4 heteroatoms. The summed E-state index contributed by atoms with van der Waals surface area (Å²) in [5.74, 6) is 0. The van der Waals surface area contributed by atoms with E-state index in [0.29, 0.717) is 11.5 Å². The Balaban J connectivity index is 3.43. The number of nitriles is 1. The lowest BCUT2D eigenvalue weighted by Gasteiger charge is -1.98. The van der Waals surface area contributed by atoms with Crippen LogP contribution < -0.4 is 11.1 Å². The van der Waals surface area contributed by atoms with Crippen LogP contribution in [0.5, 0.6) is 0 Å². The highest BCUT2D eigenvalue weighted by atomic mass is 32.1. The van der Waals surface area contributed by atoms with Crippen molar-refractivity contribution in [1.82, 2.24) is 5.32 Å². The lowest BCUT2D eigenvalue weighted by molar-refractivity contribution is 0.975. The molecule has 3 N–H and O–H groups in total. The fourth-order valence-electron chi connectivity index (χ4n) is 0.233. The molecule has 0 aliphatic carbocycles. The highest BCUT2D eigenvalue weighted by Gasteiger charge is 1.88. The van der Waals surface area contributed by atoms with Gasteiger partial charge in [-0.15, -0.1) is 0 Å². The zero-order valence-electron chi connectivity index (χ0n) is 4.85. The van der Waals surface area contributed by atoms with Crippen molar-refractivity contribution in [2.45, 2.75) is 0 Å². The van der Waals surface area contributed by atoms with Gasteiger partial charge in [0.15, 0.2) is 0 Å². The summed E-state index contributed by atoms with van der Waals surface area (Å²) in [6.45, 7) is 3.69. The van der Waals surface area contributed by atoms with Crippen molar-refractivity contribution in [2.75, 3.05) is 6.54 Å². The van der Waals surface area contributed by atoms with Crippen LogP contribution in [0.2, 0.25) is 0 Å². The first kappa shape index (κ1) is 7.92. The lowest BCUT2D eigenvalue weighted by Crippen LogP contribution is -2.25. The van der Waals surface area contributed by atoms with Gasteiger partial charge in [-0.05, 0) is 0 Å². The van der Waals surface area contributed by atoms with Gasteiger partial charge in [-0.25, -0.2) is 0 Å². The van der Waals surface area contributed by atoms with Gasteiger partial charge in [-0.3, -0.25) is 0 Å². The predicted molar refractivity (Wildman–Crippen MR) is 39.5 cm³/mol. The van der Waals surface area contributed by atoms with Gasteiger partial charge in [-0.1, -0.05) is 18.8 Å². The second-order valence-electron chi connectivity index (χ2n) is 1.41. The average molecular weight is 141 g/mol. The fraction of sp³-hybridized carbons (Fsp3) is 0.200. The minimum absolute atomic E-state index is 0.280. The summed E-state index contributed by atoms with van der Waals surface area (Å²) in [6.07, 6.45) is 0. The van der Waals surface area contributed by atoms with Gasteiger partial charge in [0.2, 0.25) is 0 Å². The van der Waals surface area contributed by atoms with Gasteiger partial charge in [0.25, 0.3) is 0 Å². The Morgan fingerprint density at radius 2 is 2.44 bits per heavy atom. The number of hydrogen-bond acceptors (Lipinski definition) is 3. The summed E-state index contributed by atoms with van der Waals surface area (Å²) >= 11 is 4.53. The Morgan fingerprint density at radius 1 is 1.89 bits per heavy atom. The smallest absolute Gasteiger partial charge is 0.116 e. The van der Waals surface area contributed by atoms with Crippen LogP contribution in [-0.4, -0.2) is 11.5 Å². The molecule has 0 fully saturated rings. The Hall–Kier alpha value is -1.08. The number of nitrogens with zero attached hydrogens (tertiary/aromatic N) is 1. The van der Waals surface area contributed by atoms with E-state index in [-0.39, 0.29) is 5.70 Å². The molecule has 0 spiro atoms. The Labute approximate surface area is 59.2 Å². The summed E-state index contributed by atoms with van der Waals surface area (Å²) in [6, 6.07) is 1.80. The summed E-state index contributed by atoms with van der Waals surface area (Å²) in [5.41, 5.74) is 5.39. The van der Waals surface area contributed by atoms with E-state index in [1.54, 1.807) is 6.07 Å². The molecule has 0 bridgehead atoms. The van der Waals surface area contributed by atoms with Crippen LogP contribution in [0, 0.1) is 11.3 Å². The average Bonchev–Trinajstić information content (AvgIpc) is 1.83. The van der Waals surface area contributed by atoms with E-state index in [1.807, 2.05) is 0 Å². The maximum atomic E-state index is 8.15. The third-order valence-corrected chi connectivity index (χ3v) is 0.755. The van der Waals surface area contributed by atoms with Crippen LogP contribution >= 0.6 is 12.2 Å². The van der Waals surface area contributed by atoms with E-state index >= 15 is 0 Å². The van der Waals surface area contributed by atoms with E-state index in [0.717, 1.165) is 0 Å². The molecule has 0 aromatic rings. The molecule has 3 nitrogen and oxygen atoms in total. The van der Waals surface area contributed by atoms with E-state index in [1.165, 1.54) is 0 Å². The molecule has 0 rings (SSSR count). The van der Waals surface area contributed by atoms with Gasteiger partial charge in [0, 0.05) is 0 Å². The van der Waals surface area contributed by atoms with Crippen LogP contribution in [0.3, 0.4) is 0 Å². The molecule has 0 atom stereocenters. The maximum Gasteiger partial charge on any atom is 0.116 e. The summed E-state index contributed by atoms with van der Waals surface area (Å²) in [5, 5.41) is 10.8. The van der Waals surface area contributed by atoms with Crippen LogP contribution in [0.4, 0.5) is 0 Å². The van der Waals surface area contributed by atoms with Crippen LogP contribution in [0.1, 0.15) is 0 Å². The first-order valence-electron chi connectivity index (χ1n) is 2.28. The molecule has 0 aliphatic rings. The first-order valence-corrected chi connectivity index (χ1v) is 2.69. The highest BCUT2D eigenvalue weighted by Crippen LogP contribution is 1.75. The van der Waals surface area contributed by atoms with E-state index in [2.05, 4.69) is 24.1 Å². The third kappa shape index (κ3) is 4.78. The van der Waals surface area contributed by atoms with Crippen molar-refractivity contribution >= 4 is 17.2 Å².